The van der Waals surface area contributed by atoms with Crippen LogP contribution in [0, 0.1) is 0 Å². The van der Waals surface area contributed by atoms with Crippen LogP contribution in [0.25, 0.3) is 39.1 Å². The summed E-state index contributed by atoms with van der Waals surface area (Å²) in [5, 5.41) is 9.94. The van der Waals surface area contributed by atoms with Crippen LogP contribution in [-0.4, -0.2) is 46.3 Å². The molecule has 0 radical (unpaired) electrons. The molecule has 0 fully saturated rings. The largest absolute Gasteiger partial charge is 0.493 e. The fourth-order valence-electron chi connectivity index (χ4n) is 3.63. The van der Waals surface area contributed by atoms with Crippen molar-refractivity contribution in [2.45, 2.75) is 0 Å². The van der Waals surface area contributed by atoms with Crippen LogP contribution >= 0.6 is 11.6 Å². The third-order valence-corrected chi connectivity index (χ3v) is 5.38. The predicted molar refractivity (Wildman–Crippen MR) is 122 cm³/mol. The molecule has 0 aliphatic carbocycles. The summed E-state index contributed by atoms with van der Waals surface area (Å²) in [7, 11) is 4.68. The van der Waals surface area contributed by atoms with Crippen LogP contribution in [0.15, 0.2) is 54.6 Å². The van der Waals surface area contributed by atoms with E-state index < -0.39 is 0 Å². The van der Waals surface area contributed by atoms with Gasteiger partial charge in [0.05, 0.1) is 32.2 Å². The highest BCUT2D eigenvalue weighted by molar-refractivity contribution is 6.30. The van der Waals surface area contributed by atoms with E-state index >= 15 is 0 Å². The van der Waals surface area contributed by atoms with Gasteiger partial charge >= 0.3 is 0 Å². The molecule has 2 aromatic heterocycles. The van der Waals surface area contributed by atoms with Gasteiger partial charge in [-0.05, 0) is 42.5 Å². The van der Waals surface area contributed by atoms with E-state index in [1.54, 1.807) is 38.1 Å². The lowest BCUT2D eigenvalue weighted by Crippen LogP contribution is -2.06. The molecule has 0 aliphatic rings. The first kappa shape index (κ1) is 20.0. The maximum Gasteiger partial charge on any atom is 0.205 e. The van der Waals surface area contributed by atoms with Crippen molar-refractivity contribution in [3.8, 4) is 34.5 Å². The molecule has 3 aromatic carbocycles. The molecule has 0 saturated carbocycles. The van der Waals surface area contributed by atoms with Gasteiger partial charge in [-0.3, -0.25) is 0 Å². The van der Waals surface area contributed by atoms with Gasteiger partial charge in [-0.25, -0.2) is 9.97 Å². The zero-order valence-electron chi connectivity index (χ0n) is 17.5. The highest BCUT2D eigenvalue weighted by Crippen LogP contribution is 2.44. The Labute approximate surface area is 188 Å². The van der Waals surface area contributed by atoms with E-state index in [-0.39, 0.29) is 0 Å². The SMILES string of the molecule is COc1cc2c(-n3nnc4ccccc43)nc(-c3ccc(Cl)cc3)nc2c(OC)c1OC. The van der Waals surface area contributed by atoms with Gasteiger partial charge in [-0.2, -0.15) is 4.68 Å². The van der Waals surface area contributed by atoms with Crippen LogP contribution in [0.5, 0.6) is 17.2 Å². The van der Waals surface area contributed by atoms with Crippen molar-refractivity contribution in [2.75, 3.05) is 21.3 Å². The molecule has 160 valence electrons. The summed E-state index contributed by atoms with van der Waals surface area (Å²) in [6.07, 6.45) is 0. The van der Waals surface area contributed by atoms with Gasteiger partial charge in [0.2, 0.25) is 5.75 Å². The molecule has 0 bridgehead atoms. The minimum atomic E-state index is 0.435. The summed E-state index contributed by atoms with van der Waals surface area (Å²) < 4.78 is 18.5. The van der Waals surface area contributed by atoms with E-state index in [4.69, 9.17) is 35.8 Å². The highest BCUT2D eigenvalue weighted by Gasteiger charge is 2.23. The molecular formula is C23H18ClN5O3. The minimum Gasteiger partial charge on any atom is -0.493 e. The van der Waals surface area contributed by atoms with Gasteiger partial charge in [0.1, 0.15) is 11.0 Å². The van der Waals surface area contributed by atoms with E-state index in [0.717, 1.165) is 16.6 Å². The third-order valence-electron chi connectivity index (χ3n) is 5.13. The zero-order chi connectivity index (χ0) is 22.2. The molecule has 0 spiro atoms. The van der Waals surface area contributed by atoms with E-state index in [9.17, 15) is 0 Å². The Kier molecular flexibility index (Phi) is 4.99. The monoisotopic (exact) mass is 447 g/mol. The van der Waals surface area contributed by atoms with Crippen molar-refractivity contribution in [1.29, 1.82) is 0 Å². The molecule has 32 heavy (non-hydrogen) atoms. The maximum atomic E-state index is 6.08. The molecule has 5 rings (SSSR count). The summed E-state index contributed by atoms with van der Waals surface area (Å²) in [5.41, 5.74) is 2.90. The van der Waals surface area contributed by atoms with Crippen LogP contribution < -0.4 is 14.2 Å². The number of hydrogen-bond acceptors (Lipinski definition) is 7. The van der Waals surface area contributed by atoms with E-state index in [1.165, 1.54) is 0 Å². The Hall–Kier alpha value is -3.91. The summed E-state index contributed by atoms with van der Waals surface area (Å²) in [5.74, 6) is 2.38. The Balaban J connectivity index is 1.91. The van der Waals surface area contributed by atoms with Gasteiger partial charge in [-0.15, -0.1) is 5.10 Å². The minimum absolute atomic E-state index is 0.435. The van der Waals surface area contributed by atoms with Gasteiger partial charge < -0.3 is 14.2 Å². The third kappa shape index (κ3) is 3.16. The number of halogens is 1. The van der Waals surface area contributed by atoms with Crippen LogP contribution in [0.3, 0.4) is 0 Å². The Morgan fingerprint density at radius 1 is 0.844 bits per heavy atom. The van der Waals surface area contributed by atoms with Crippen molar-refractivity contribution >= 4 is 33.5 Å². The lowest BCUT2D eigenvalue weighted by atomic mass is 10.1. The fraction of sp³-hybridized carbons (Fsp3) is 0.130. The molecule has 0 unspecified atom stereocenters. The summed E-state index contributed by atoms with van der Waals surface area (Å²) in [6, 6.07) is 16.8. The number of para-hydroxylation sites is 1. The Bertz CT molecular complexity index is 1450. The van der Waals surface area contributed by atoms with Crippen molar-refractivity contribution in [3.63, 3.8) is 0 Å². The van der Waals surface area contributed by atoms with Crippen LogP contribution in [-0.2, 0) is 0 Å². The Morgan fingerprint density at radius 3 is 2.31 bits per heavy atom. The van der Waals surface area contributed by atoms with Crippen molar-refractivity contribution in [2.24, 2.45) is 0 Å². The number of methoxy groups -OCH3 is 3. The molecule has 9 heteroatoms. The number of benzene rings is 3. The van der Waals surface area contributed by atoms with Crippen LogP contribution in [0.1, 0.15) is 0 Å². The van der Waals surface area contributed by atoms with Gasteiger partial charge in [0, 0.05) is 10.6 Å². The van der Waals surface area contributed by atoms with Crippen LogP contribution in [0.2, 0.25) is 5.02 Å². The second kappa shape index (κ2) is 7.97. The predicted octanol–water partition coefficient (Wildman–Crippen LogP) is 4.71. The van der Waals surface area contributed by atoms with Gasteiger partial charge in [0.15, 0.2) is 23.1 Å². The van der Waals surface area contributed by atoms with Gasteiger partial charge in [-0.1, -0.05) is 28.9 Å². The van der Waals surface area contributed by atoms with E-state index in [2.05, 4.69) is 10.3 Å². The second-order valence-corrected chi connectivity index (χ2v) is 7.35. The number of rotatable bonds is 5. The lowest BCUT2D eigenvalue weighted by molar-refractivity contribution is 0.327. The zero-order valence-corrected chi connectivity index (χ0v) is 18.3. The molecule has 0 N–H and O–H groups in total. The molecule has 0 aliphatic heterocycles. The number of hydrogen-bond donors (Lipinski definition) is 0. The topological polar surface area (TPSA) is 84.2 Å². The molecule has 8 nitrogen and oxygen atoms in total. The maximum absolute atomic E-state index is 6.08. The molecule has 0 saturated heterocycles. The quantitative estimate of drug-likeness (QED) is 0.385. The normalized spacial score (nSPS) is 11.1. The average Bonchev–Trinajstić information content (AvgIpc) is 3.26. The number of aromatic nitrogens is 5. The first-order valence-electron chi connectivity index (χ1n) is 9.72. The summed E-state index contributed by atoms with van der Waals surface area (Å²) in [6.45, 7) is 0. The van der Waals surface area contributed by atoms with Crippen molar-refractivity contribution in [1.82, 2.24) is 25.0 Å². The highest BCUT2D eigenvalue weighted by atomic mass is 35.5. The molecule has 2 heterocycles. The standard InChI is InChI=1S/C23H18ClN5O3/c1-30-18-12-15-19(21(32-3)20(18)31-2)25-22(13-8-10-14(24)11-9-13)26-23(15)29-17-7-5-4-6-16(17)27-28-29/h4-12H,1-3H3. The lowest BCUT2D eigenvalue weighted by Gasteiger charge is -2.16. The molecule has 0 amide bonds. The molecule has 0 atom stereocenters. The number of ether oxygens (including phenoxy) is 3. The van der Waals surface area contributed by atoms with E-state index in [1.807, 2.05) is 42.5 Å². The van der Waals surface area contributed by atoms with Crippen molar-refractivity contribution in [3.05, 3.63) is 59.6 Å². The Morgan fingerprint density at radius 2 is 1.59 bits per heavy atom. The van der Waals surface area contributed by atoms with Crippen LogP contribution in [0.4, 0.5) is 0 Å². The first-order valence-corrected chi connectivity index (χ1v) is 10.1. The van der Waals surface area contributed by atoms with Gasteiger partial charge in [0.25, 0.3) is 0 Å². The second-order valence-electron chi connectivity index (χ2n) is 6.91. The smallest absolute Gasteiger partial charge is 0.205 e. The van der Waals surface area contributed by atoms with E-state index in [0.29, 0.717) is 44.8 Å². The summed E-state index contributed by atoms with van der Waals surface area (Å²) in [4.78, 5) is 9.66. The summed E-state index contributed by atoms with van der Waals surface area (Å²) >= 11 is 6.08. The molecular weight excluding hydrogens is 430 g/mol. The number of fused-ring (bicyclic) bond motifs is 2. The molecule has 5 aromatic rings. The first-order chi connectivity index (χ1) is 15.6. The fourth-order valence-corrected chi connectivity index (χ4v) is 3.75. The average molecular weight is 448 g/mol. The van der Waals surface area contributed by atoms with Crippen molar-refractivity contribution < 1.29 is 14.2 Å². The number of nitrogens with zero attached hydrogens (tertiary/aromatic N) is 5.